The van der Waals surface area contributed by atoms with Crippen LogP contribution < -0.4 is 20.1 Å². The van der Waals surface area contributed by atoms with Gasteiger partial charge in [-0.05, 0) is 50.2 Å². The maximum atomic E-state index is 13.1. The highest BCUT2D eigenvalue weighted by molar-refractivity contribution is 5.80. The Kier molecular flexibility index (Phi) is 5.63. The van der Waals surface area contributed by atoms with Crippen LogP contribution in [-0.2, 0) is 6.18 Å². The molecule has 0 saturated carbocycles. The van der Waals surface area contributed by atoms with Crippen molar-refractivity contribution in [3.05, 3.63) is 48.2 Å². The van der Waals surface area contributed by atoms with E-state index in [1.807, 2.05) is 18.2 Å². The quantitative estimate of drug-likeness (QED) is 0.635. The van der Waals surface area contributed by atoms with E-state index < -0.39 is 11.7 Å². The van der Waals surface area contributed by atoms with Gasteiger partial charge >= 0.3 is 6.18 Å². The topological polar surface area (TPSA) is 68.3 Å². The average molecular weight is 418 g/mol. The van der Waals surface area contributed by atoms with Crippen molar-refractivity contribution in [2.24, 2.45) is 0 Å². The lowest BCUT2D eigenvalue weighted by atomic mass is 10.1. The number of piperidine rings is 1. The third-order valence-corrected chi connectivity index (χ3v) is 4.87. The van der Waals surface area contributed by atoms with Gasteiger partial charge in [0.05, 0.1) is 18.2 Å². The van der Waals surface area contributed by atoms with Crippen molar-refractivity contribution < 1.29 is 22.6 Å². The zero-order valence-corrected chi connectivity index (χ0v) is 16.3. The minimum atomic E-state index is -4.49. The van der Waals surface area contributed by atoms with Crippen molar-refractivity contribution in [1.82, 2.24) is 15.3 Å². The van der Waals surface area contributed by atoms with Crippen molar-refractivity contribution in [1.29, 1.82) is 0 Å². The fraction of sp³-hybridized carbons (Fsp3) is 0.333. The molecule has 0 radical (unpaired) electrons. The first-order chi connectivity index (χ1) is 14.4. The summed E-state index contributed by atoms with van der Waals surface area (Å²) in [5.74, 6) is 0.980. The van der Waals surface area contributed by atoms with E-state index in [4.69, 9.17) is 9.47 Å². The molecule has 2 N–H and O–H groups in total. The van der Waals surface area contributed by atoms with Crippen molar-refractivity contribution >= 4 is 22.5 Å². The van der Waals surface area contributed by atoms with Gasteiger partial charge in [0.1, 0.15) is 17.6 Å². The molecular formula is C21H21F3N4O2. The molecule has 0 aliphatic carbocycles. The first kappa shape index (κ1) is 20.2. The number of rotatable bonds is 5. The Morgan fingerprint density at radius 2 is 1.87 bits per heavy atom. The molecule has 2 aromatic carbocycles. The van der Waals surface area contributed by atoms with Crippen LogP contribution in [0.1, 0.15) is 18.4 Å². The fourth-order valence-corrected chi connectivity index (χ4v) is 3.32. The molecule has 158 valence electrons. The summed E-state index contributed by atoms with van der Waals surface area (Å²) in [6.45, 7) is 1.85. The molecule has 2 heterocycles. The van der Waals surface area contributed by atoms with E-state index in [-0.39, 0.29) is 23.5 Å². The van der Waals surface area contributed by atoms with Crippen LogP contribution in [0.4, 0.5) is 24.8 Å². The highest BCUT2D eigenvalue weighted by atomic mass is 19.4. The minimum Gasteiger partial charge on any atom is -0.497 e. The van der Waals surface area contributed by atoms with Gasteiger partial charge < -0.3 is 20.1 Å². The molecule has 6 nitrogen and oxygen atoms in total. The molecule has 9 heteroatoms. The van der Waals surface area contributed by atoms with Crippen LogP contribution >= 0.6 is 0 Å². The minimum absolute atomic E-state index is 0.0887. The second kappa shape index (κ2) is 8.35. The van der Waals surface area contributed by atoms with E-state index in [0.29, 0.717) is 11.3 Å². The van der Waals surface area contributed by atoms with Crippen LogP contribution in [0.3, 0.4) is 0 Å². The van der Waals surface area contributed by atoms with Gasteiger partial charge in [-0.2, -0.15) is 13.2 Å². The normalized spacial score (nSPS) is 15.2. The van der Waals surface area contributed by atoms with E-state index in [1.54, 1.807) is 6.20 Å². The Morgan fingerprint density at radius 1 is 1.07 bits per heavy atom. The lowest BCUT2D eigenvalue weighted by molar-refractivity contribution is -0.137. The van der Waals surface area contributed by atoms with Gasteiger partial charge in [-0.25, -0.2) is 9.97 Å². The summed E-state index contributed by atoms with van der Waals surface area (Å²) in [5.41, 5.74) is 0.00353. The Bertz CT molecular complexity index is 1040. The van der Waals surface area contributed by atoms with Crippen molar-refractivity contribution in [3.8, 4) is 11.5 Å². The molecule has 3 aromatic rings. The van der Waals surface area contributed by atoms with E-state index >= 15 is 0 Å². The molecule has 1 saturated heterocycles. The predicted molar refractivity (Wildman–Crippen MR) is 107 cm³/mol. The highest BCUT2D eigenvalue weighted by Crippen LogP contribution is 2.34. The molecule has 1 fully saturated rings. The monoisotopic (exact) mass is 418 g/mol. The smallest absolute Gasteiger partial charge is 0.416 e. The second-order valence-corrected chi connectivity index (χ2v) is 7.05. The zero-order valence-electron chi connectivity index (χ0n) is 16.3. The number of aromatic nitrogens is 2. The number of nitrogens with zero attached hydrogens (tertiary/aromatic N) is 2. The van der Waals surface area contributed by atoms with Crippen LogP contribution in [0.15, 0.2) is 42.6 Å². The molecule has 0 atom stereocenters. The molecule has 4 rings (SSSR count). The van der Waals surface area contributed by atoms with Crippen molar-refractivity contribution in [2.45, 2.75) is 25.1 Å². The molecule has 1 aromatic heterocycles. The molecule has 1 aliphatic rings. The lowest BCUT2D eigenvalue weighted by Gasteiger charge is -2.23. The summed E-state index contributed by atoms with van der Waals surface area (Å²) >= 11 is 0. The van der Waals surface area contributed by atoms with Gasteiger partial charge in [-0.3, -0.25) is 0 Å². The summed E-state index contributed by atoms with van der Waals surface area (Å²) in [4.78, 5) is 8.64. The van der Waals surface area contributed by atoms with Crippen LogP contribution in [0.25, 0.3) is 10.9 Å². The SMILES string of the molecule is COc1cc(Nc2ncc3ccc(OC4CCNCC4)cc3n2)cc(C(F)(F)F)c1. The Balaban J connectivity index is 1.58. The van der Waals surface area contributed by atoms with Gasteiger partial charge in [0.25, 0.3) is 0 Å². The van der Waals surface area contributed by atoms with E-state index in [9.17, 15) is 13.2 Å². The number of alkyl halides is 3. The molecular weight excluding hydrogens is 397 g/mol. The van der Waals surface area contributed by atoms with E-state index in [1.165, 1.54) is 13.2 Å². The van der Waals surface area contributed by atoms with Gasteiger partial charge in [0, 0.05) is 29.4 Å². The van der Waals surface area contributed by atoms with Gasteiger partial charge in [-0.15, -0.1) is 0 Å². The second-order valence-electron chi connectivity index (χ2n) is 7.05. The number of methoxy groups -OCH3 is 1. The maximum Gasteiger partial charge on any atom is 0.416 e. The molecule has 0 amide bonds. The first-order valence-corrected chi connectivity index (χ1v) is 9.58. The van der Waals surface area contributed by atoms with Crippen LogP contribution in [0.5, 0.6) is 11.5 Å². The number of nitrogens with one attached hydrogen (secondary N) is 2. The molecule has 0 unspecified atom stereocenters. The Hall–Kier alpha value is -3.07. The zero-order chi connectivity index (χ0) is 21.1. The number of hydrogen-bond donors (Lipinski definition) is 2. The highest BCUT2D eigenvalue weighted by Gasteiger charge is 2.31. The number of hydrogen-bond acceptors (Lipinski definition) is 6. The van der Waals surface area contributed by atoms with Crippen LogP contribution in [0, 0.1) is 0 Å². The number of ether oxygens (including phenoxy) is 2. The van der Waals surface area contributed by atoms with Crippen LogP contribution in [-0.4, -0.2) is 36.3 Å². The van der Waals surface area contributed by atoms with Crippen molar-refractivity contribution in [3.63, 3.8) is 0 Å². The molecule has 1 aliphatic heterocycles. The Labute approximate surface area is 171 Å². The standard InChI is InChI=1S/C21H21F3N4O2/c1-29-18-9-14(21(22,23)24)8-15(10-18)27-20-26-12-13-2-3-17(11-19(13)28-20)30-16-4-6-25-7-5-16/h2-3,8-12,16,25H,4-7H2,1H3,(H,26,27,28). The number of halogens is 3. The summed E-state index contributed by atoms with van der Waals surface area (Å²) in [6, 6.07) is 8.95. The van der Waals surface area contributed by atoms with E-state index in [0.717, 1.165) is 43.5 Å². The van der Waals surface area contributed by atoms with Gasteiger partial charge in [0.15, 0.2) is 0 Å². The first-order valence-electron chi connectivity index (χ1n) is 9.58. The molecule has 30 heavy (non-hydrogen) atoms. The number of fused-ring (bicyclic) bond motifs is 1. The summed E-state index contributed by atoms with van der Waals surface area (Å²) in [5, 5.41) is 6.93. The lowest BCUT2D eigenvalue weighted by Crippen LogP contribution is -2.34. The third kappa shape index (κ3) is 4.73. The predicted octanol–water partition coefficient (Wildman–Crippen LogP) is 4.53. The number of anilines is 2. The maximum absolute atomic E-state index is 13.1. The summed E-state index contributed by atoms with van der Waals surface area (Å²) in [6.07, 6.45) is -0.849. The van der Waals surface area contributed by atoms with Gasteiger partial charge in [-0.1, -0.05) is 0 Å². The molecule has 0 bridgehead atoms. The fourth-order valence-electron chi connectivity index (χ4n) is 3.32. The number of benzene rings is 2. The largest absolute Gasteiger partial charge is 0.497 e. The van der Waals surface area contributed by atoms with Crippen LogP contribution in [0.2, 0.25) is 0 Å². The van der Waals surface area contributed by atoms with Gasteiger partial charge in [0.2, 0.25) is 5.95 Å². The molecule has 0 spiro atoms. The summed E-state index contributed by atoms with van der Waals surface area (Å²) < 4.78 is 50.4. The third-order valence-electron chi connectivity index (χ3n) is 4.87. The summed E-state index contributed by atoms with van der Waals surface area (Å²) in [7, 11) is 1.32. The van der Waals surface area contributed by atoms with Crippen molar-refractivity contribution in [2.75, 3.05) is 25.5 Å². The average Bonchev–Trinajstić information content (AvgIpc) is 2.73. The van der Waals surface area contributed by atoms with E-state index in [2.05, 4.69) is 20.6 Å². The Morgan fingerprint density at radius 3 is 2.60 bits per heavy atom.